The van der Waals surface area contributed by atoms with Gasteiger partial charge in [0, 0.05) is 23.9 Å². The molecule has 2 unspecified atom stereocenters. The van der Waals surface area contributed by atoms with Crippen molar-refractivity contribution in [3.63, 3.8) is 0 Å². The third-order valence-electron chi connectivity index (χ3n) is 6.82. The molecule has 2 aliphatic carbocycles. The molecule has 0 heterocycles. The van der Waals surface area contributed by atoms with Gasteiger partial charge in [0.25, 0.3) is 20.4 Å². The highest BCUT2D eigenvalue weighted by atomic mass is 32.3. The number of benzene rings is 2. The summed E-state index contributed by atoms with van der Waals surface area (Å²) in [6, 6.07) is 18.9. The molecule has 0 spiro atoms. The predicted molar refractivity (Wildman–Crippen MR) is 130 cm³/mol. The summed E-state index contributed by atoms with van der Waals surface area (Å²) < 4.78 is 58.5. The van der Waals surface area contributed by atoms with Gasteiger partial charge in [-0.25, -0.2) is 0 Å². The van der Waals surface area contributed by atoms with E-state index in [4.69, 9.17) is 0 Å². The molecule has 33 heavy (non-hydrogen) atoms. The molecule has 7 nitrogen and oxygen atoms in total. The fraction of sp³-hybridized carbons (Fsp3) is 0.500. The van der Waals surface area contributed by atoms with Crippen LogP contribution in [-0.2, 0) is 20.4 Å². The van der Waals surface area contributed by atoms with E-state index < -0.39 is 20.4 Å². The summed E-state index contributed by atoms with van der Waals surface area (Å²) in [6.07, 6.45) is 6.93. The molecule has 0 radical (unpaired) electrons. The van der Waals surface area contributed by atoms with Crippen LogP contribution >= 0.6 is 0 Å². The van der Waals surface area contributed by atoms with Crippen molar-refractivity contribution in [3.05, 3.63) is 71.8 Å². The Kier molecular flexibility index (Phi) is 7.86. The Morgan fingerprint density at radius 2 is 0.909 bits per heavy atom. The first-order valence-corrected chi connectivity index (χ1v) is 14.7. The zero-order valence-electron chi connectivity index (χ0n) is 18.7. The van der Waals surface area contributed by atoms with Crippen molar-refractivity contribution in [2.45, 2.75) is 75.3 Å². The lowest BCUT2D eigenvalue weighted by atomic mass is 9.80. The minimum atomic E-state index is -4.26. The summed E-state index contributed by atoms with van der Waals surface area (Å²) in [5.74, 6) is 0.0426. The van der Waals surface area contributed by atoms with Gasteiger partial charge in [-0.15, -0.1) is 0 Å². The molecular formula is C24H33N3O4S2. The monoisotopic (exact) mass is 491 g/mol. The largest absolute Gasteiger partial charge is 0.291 e. The lowest BCUT2D eigenvalue weighted by Crippen LogP contribution is -2.53. The molecule has 180 valence electrons. The van der Waals surface area contributed by atoms with Crippen LogP contribution in [0, 0.1) is 0 Å². The quantitative estimate of drug-likeness (QED) is 0.524. The zero-order valence-corrected chi connectivity index (χ0v) is 20.3. The fourth-order valence-electron chi connectivity index (χ4n) is 5.33. The number of nitrogens with one attached hydrogen (secondary N) is 3. The van der Waals surface area contributed by atoms with Crippen molar-refractivity contribution in [2.75, 3.05) is 0 Å². The zero-order chi connectivity index (χ0) is 23.3. The second kappa shape index (κ2) is 10.7. The summed E-state index contributed by atoms with van der Waals surface area (Å²) in [5.41, 5.74) is 2.14. The first kappa shape index (κ1) is 24.3. The summed E-state index contributed by atoms with van der Waals surface area (Å²) >= 11 is 0. The Bertz CT molecular complexity index is 1020. The molecule has 9 heteroatoms. The molecule has 2 aromatic carbocycles. The van der Waals surface area contributed by atoms with E-state index in [1.807, 2.05) is 64.8 Å². The first-order valence-electron chi connectivity index (χ1n) is 11.8. The standard InChI is InChI=1S/C24H33N3O4S2/c28-32(29,25-23-17-9-7-15-21(23)19-11-3-1-4-12-19)27-33(30,31)26-24-18-10-8-16-22(24)20-13-5-2-6-14-20/h1-6,11-14,21-27H,7-10,15-18H2/t21-,22+,23?,24?. The Labute approximate surface area is 197 Å². The van der Waals surface area contributed by atoms with E-state index >= 15 is 0 Å². The van der Waals surface area contributed by atoms with Gasteiger partial charge in [0.2, 0.25) is 0 Å². The van der Waals surface area contributed by atoms with Crippen LogP contribution in [0.4, 0.5) is 0 Å². The van der Waals surface area contributed by atoms with Crippen LogP contribution in [0.25, 0.3) is 0 Å². The molecule has 3 N–H and O–H groups in total. The van der Waals surface area contributed by atoms with Crippen LogP contribution in [-0.4, -0.2) is 28.9 Å². The van der Waals surface area contributed by atoms with E-state index in [2.05, 4.69) is 9.44 Å². The van der Waals surface area contributed by atoms with Crippen molar-refractivity contribution in [1.29, 1.82) is 0 Å². The van der Waals surface area contributed by atoms with Crippen LogP contribution in [0.1, 0.15) is 74.3 Å². The molecule has 0 amide bonds. The Balaban J connectivity index is 1.44. The number of hydrogen-bond acceptors (Lipinski definition) is 4. The van der Waals surface area contributed by atoms with E-state index in [-0.39, 0.29) is 23.9 Å². The van der Waals surface area contributed by atoms with Crippen LogP contribution in [0.2, 0.25) is 0 Å². The molecule has 2 aromatic rings. The minimum Gasteiger partial charge on any atom is -0.198 e. The van der Waals surface area contributed by atoms with Gasteiger partial charge in [-0.3, -0.25) is 0 Å². The molecule has 4 rings (SSSR count). The Morgan fingerprint density at radius 1 is 0.545 bits per heavy atom. The van der Waals surface area contributed by atoms with E-state index in [0.29, 0.717) is 12.8 Å². The van der Waals surface area contributed by atoms with E-state index in [1.165, 1.54) is 0 Å². The van der Waals surface area contributed by atoms with Gasteiger partial charge >= 0.3 is 0 Å². The maximum absolute atomic E-state index is 12.8. The van der Waals surface area contributed by atoms with Crippen LogP contribution in [0.15, 0.2) is 60.7 Å². The van der Waals surface area contributed by atoms with Gasteiger partial charge in [-0.2, -0.15) is 26.3 Å². The van der Waals surface area contributed by atoms with E-state index in [0.717, 1.165) is 49.7 Å². The van der Waals surface area contributed by atoms with Gasteiger partial charge in [0.15, 0.2) is 0 Å². The van der Waals surface area contributed by atoms with Gasteiger partial charge in [0.1, 0.15) is 0 Å². The average Bonchev–Trinajstić information content (AvgIpc) is 2.79. The predicted octanol–water partition coefficient (Wildman–Crippen LogP) is 3.70. The Morgan fingerprint density at radius 3 is 1.30 bits per heavy atom. The lowest BCUT2D eigenvalue weighted by molar-refractivity contribution is 0.358. The summed E-state index contributed by atoms with van der Waals surface area (Å²) in [5, 5.41) is 0. The molecule has 2 fully saturated rings. The molecule has 0 aliphatic heterocycles. The average molecular weight is 492 g/mol. The maximum Gasteiger partial charge on any atom is 0.291 e. The number of rotatable bonds is 8. The molecular weight excluding hydrogens is 458 g/mol. The number of hydrogen-bond donors (Lipinski definition) is 3. The topological polar surface area (TPSA) is 104 Å². The third kappa shape index (κ3) is 6.64. The van der Waals surface area contributed by atoms with E-state index in [9.17, 15) is 16.8 Å². The van der Waals surface area contributed by atoms with Gasteiger partial charge in [0.05, 0.1) is 0 Å². The molecule has 2 aliphatic rings. The molecule has 4 atom stereocenters. The van der Waals surface area contributed by atoms with Crippen molar-refractivity contribution in [3.8, 4) is 0 Å². The second-order valence-corrected chi connectivity index (χ2v) is 12.3. The first-order chi connectivity index (χ1) is 15.8. The summed E-state index contributed by atoms with van der Waals surface area (Å²) in [4.78, 5) is 0. The molecule has 0 saturated heterocycles. The van der Waals surface area contributed by atoms with Crippen LogP contribution < -0.4 is 13.6 Å². The normalized spacial score (nSPS) is 26.7. The van der Waals surface area contributed by atoms with Crippen LogP contribution in [0.3, 0.4) is 0 Å². The fourth-order valence-corrected chi connectivity index (χ4v) is 8.24. The van der Waals surface area contributed by atoms with Crippen molar-refractivity contribution < 1.29 is 16.8 Å². The van der Waals surface area contributed by atoms with Crippen molar-refractivity contribution in [1.82, 2.24) is 13.6 Å². The summed E-state index contributed by atoms with van der Waals surface area (Å²) in [6.45, 7) is 0. The van der Waals surface area contributed by atoms with E-state index in [1.54, 1.807) is 0 Å². The highest BCUT2D eigenvalue weighted by Crippen LogP contribution is 2.34. The lowest BCUT2D eigenvalue weighted by Gasteiger charge is -2.33. The van der Waals surface area contributed by atoms with Gasteiger partial charge in [-0.05, 0) is 36.8 Å². The smallest absolute Gasteiger partial charge is 0.198 e. The molecule has 0 bridgehead atoms. The second-order valence-electron chi connectivity index (χ2n) is 9.14. The SMILES string of the molecule is O=S(=O)(NC1CCCC[C@@H]1c1ccccc1)NS(=O)(=O)NC1CCCC[C@H]1c1ccccc1. The maximum atomic E-state index is 12.8. The molecule has 0 aromatic heterocycles. The highest BCUT2D eigenvalue weighted by Gasteiger charge is 2.34. The van der Waals surface area contributed by atoms with Crippen molar-refractivity contribution in [2.24, 2.45) is 0 Å². The summed E-state index contributed by atoms with van der Waals surface area (Å²) in [7, 11) is -8.53. The highest BCUT2D eigenvalue weighted by molar-refractivity contribution is 8.02. The van der Waals surface area contributed by atoms with Gasteiger partial charge < -0.3 is 0 Å². The van der Waals surface area contributed by atoms with Crippen molar-refractivity contribution >= 4 is 20.4 Å². The molecule has 2 saturated carbocycles. The Hall–Kier alpha value is -1.78. The van der Waals surface area contributed by atoms with Crippen LogP contribution in [0.5, 0.6) is 0 Å². The third-order valence-corrected chi connectivity index (χ3v) is 9.80. The minimum absolute atomic E-state index is 0.0213. The van der Waals surface area contributed by atoms with Gasteiger partial charge in [-0.1, -0.05) is 90.5 Å².